The molecule has 8 heteroatoms. The number of ether oxygens (including phenoxy) is 1. The molecular weight excluding hydrogens is 371 g/mol. The summed E-state index contributed by atoms with van der Waals surface area (Å²) in [4.78, 5) is 15.9. The predicted molar refractivity (Wildman–Crippen MR) is 99.3 cm³/mol. The molecule has 0 aliphatic rings. The Morgan fingerprint density at radius 1 is 0.929 bits per heavy atom. The lowest BCUT2D eigenvalue weighted by Gasteiger charge is -2.14. The van der Waals surface area contributed by atoms with Gasteiger partial charge in [0, 0.05) is 18.1 Å². The fourth-order valence-electron chi connectivity index (χ4n) is 2.40. The first-order valence-corrected chi connectivity index (χ1v) is 8.30. The van der Waals surface area contributed by atoms with Crippen molar-refractivity contribution in [1.29, 1.82) is 0 Å². The van der Waals surface area contributed by atoms with Crippen LogP contribution >= 0.6 is 0 Å². The second-order valence-corrected chi connectivity index (χ2v) is 5.75. The van der Waals surface area contributed by atoms with Crippen molar-refractivity contribution in [3.8, 4) is 11.5 Å². The van der Waals surface area contributed by atoms with E-state index >= 15 is 0 Å². The highest BCUT2D eigenvalue weighted by atomic mass is 19.4. The van der Waals surface area contributed by atoms with Crippen molar-refractivity contribution < 1.29 is 22.7 Å². The minimum Gasteiger partial charge on any atom is -0.457 e. The number of carbonyl (C=O) groups excluding carboxylic acids is 1. The summed E-state index contributed by atoms with van der Waals surface area (Å²) in [5.74, 6) is 0.646. The van der Waals surface area contributed by atoms with Gasteiger partial charge >= 0.3 is 6.18 Å². The Bertz CT molecular complexity index is 929. The van der Waals surface area contributed by atoms with Gasteiger partial charge in [-0.3, -0.25) is 9.78 Å². The average molecular weight is 387 g/mol. The van der Waals surface area contributed by atoms with Crippen LogP contribution in [-0.2, 0) is 11.0 Å². The maximum absolute atomic E-state index is 13.0. The Morgan fingerprint density at radius 3 is 2.25 bits per heavy atom. The first-order valence-electron chi connectivity index (χ1n) is 8.30. The number of hydrogen-bond acceptors (Lipinski definition) is 4. The van der Waals surface area contributed by atoms with E-state index in [1.165, 1.54) is 18.2 Å². The van der Waals surface area contributed by atoms with E-state index in [4.69, 9.17) is 4.74 Å². The lowest BCUT2D eigenvalue weighted by Crippen LogP contribution is -2.23. The quantitative estimate of drug-likeness (QED) is 0.629. The third kappa shape index (κ3) is 5.23. The van der Waals surface area contributed by atoms with Crippen LogP contribution in [0.2, 0.25) is 0 Å². The second-order valence-electron chi connectivity index (χ2n) is 5.75. The summed E-state index contributed by atoms with van der Waals surface area (Å²) >= 11 is 0. The largest absolute Gasteiger partial charge is 0.457 e. The van der Waals surface area contributed by atoms with Crippen molar-refractivity contribution in [3.63, 3.8) is 0 Å². The van der Waals surface area contributed by atoms with Gasteiger partial charge in [0.1, 0.15) is 11.5 Å². The van der Waals surface area contributed by atoms with Crippen LogP contribution in [0.5, 0.6) is 11.5 Å². The van der Waals surface area contributed by atoms with E-state index in [0.29, 0.717) is 17.2 Å². The molecule has 1 heterocycles. The van der Waals surface area contributed by atoms with E-state index in [-0.39, 0.29) is 12.2 Å². The highest BCUT2D eigenvalue weighted by Crippen LogP contribution is 2.34. The number of rotatable bonds is 6. The van der Waals surface area contributed by atoms with E-state index < -0.39 is 17.6 Å². The van der Waals surface area contributed by atoms with E-state index in [2.05, 4.69) is 15.6 Å². The summed E-state index contributed by atoms with van der Waals surface area (Å²) in [6, 6.07) is 15.1. The number of benzene rings is 2. The molecule has 0 unspecified atom stereocenters. The average Bonchev–Trinajstić information content (AvgIpc) is 2.68. The van der Waals surface area contributed by atoms with Crippen LogP contribution in [-0.4, -0.2) is 17.4 Å². The van der Waals surface area contributed by atoms with Crippen molar-refractivity contribution in [3.05, 3.63) is 78.6 Å². The van der Waals surface area contributed by atoms with Gasteiger partial charge in [-0.1, -0.05) is 12.1 Å². The van der Waals surface area contributed by atoms with Crippen molar-refractivity contribution in [2.75, 3.05) is 17.2 Å². The number of amides is 1. The molecule has 1 aromatic heterocycles. The Morgan fingerprint density at radius 2 is 1.57 bits per heavy atom. The Balaban J connectivity index is 1.55. The van der Waals surface area contributed by atoms with E-state index in [1.54, 1.807) is 48.8 Å². The van der Waals surface area contributed by atoms with Crippen LogP contribution < -0.4 is 15.4 Å². The number of hydrogen-bond donors (Lipinski definition) is 2. The van der Waals surface area contributed by atoms with Gasteiger partial charge in [-0.25, -0.2) is 0 Å². The van der Waals surface area contributed by atoms with Crippen LogP contribution in [0.3, 0.4) is 0 Å². The molecule has 0 atom stereocenters. The molecule has 0 saturated heterocycles. The number of para-hydroxylation sites is 1. The van der Waals surface area contributed by atoms with Gasteiger partial charge < -0.3 is 15.4 Å². The zero-order valence-electron chi connectivity index (χ0n) is 14.5. The molecule has 1 amide bonds. The molecular formula is C20H16F3N3O2. The summed E-state index contributed by atoms with van der Waals surface area (Å²) in [5, 5.41) is 5.13. The number of nitrogens with one attached hydrogen (secondary N) is 2. The Labute approximate surface area is 159 Å². The number of carbonyl (C=O) groups is 1. The fourth-order valence-corrected chi connectivity index (χ4v) is 2.40. The molecule has 0 aliphatic carbocycles. The molecule has 0 saturated carbocycles. The van der Waals surface area contributed by atoms with E-state index in [1.807, 2.05) is 0 Å². The number of nitrogens with zero attached hydrogens (tertiary/aromatic N) is 1. The monoisotopic (exact) mass is 387 g/mol. The molecule has 0 radical (unpaired) electrons. The van der Waals surface area contributed by atoms with Gasteiger partial charge in [0.15, 0.2) is 0 Å². The highest BCUT2D eigenvalue weighted by Gasteiger charge is 2.33. The number of pyridine rings is 1. The first kappa shape index (κ1) is 19.2. The molecule has 5 nitrogen and oxygen atoms in total. The van der Waals surface area contributed by atoms with Crippen LogP contribution in [0.1, 0.15) is 5.56 Å². The second kappa shape index (κ2) is 8.43. The molecule has 2 aromatic carbocycles. The third-order valence-electron chi connectivity index (χ3n) is 3.70. The van der Waals surface area contributed by atoms with Gasteiger partial charge in [-0.15, -0.1) is 0 Å². The number of halogens is 3. The maximum Gasteiger partial charge on any atom is 0.418 e. The van der Waals surface area contributed by atoms with Crippen molar-refractivity contribution in [2.45, 2.75) is 6.18 Å². The van der Waals surface area contributed by atoms with Gasteiger partial charge in [-0.05, 0) is 48.5 Å². The zero-order valence-corrected chi connectivity index (χ0v) is 14.5. The molecule has 0 fully saturated rings. The molecule has 0 spiro atoms. The first-order chi connectivity index (χ1) is 13.4. The van der Waals surface area contributed by atoms with Gasteiger partial charge in [-0.2, -0.15) is 13.2 Å². The lowest BCUT2D eigenvalue weighted by molar-refractivity contribution is -0.137. The number of aromatic nitrogens is 1. The van der Waals surface area contributed by atoms with Gasteiger partial charge in [0.25, 0.3) is 0 Å². The molecule has 2 N–H and O–H groups in total. The minimum absolute atomic E-state index is 0.184. The fraction of sp³-hybridized carbons (Fsp3) is 0.100. The van der Waals surface area contributed by atoms with Crippen LogP contribution in [0.15, 0.2) is 73.1 Å². The topological polar surface area (TPSA) is 63.2 Å². The molecule has 3 aromatic rings. The smallest absolute Gasteiger partial charge is 0.418 e. The summed E-state index contributed by atoms with van der Waals surface area (Å²) in [5.41, 5.74) is -0.537. The summed E-state index contributed by atoms with van der Waals surface area (Å²) in [6.45, 7) is -0.184. The van der Waals surface area contributed by atoms with Gasteiger partial charge in [0.05, 0.1) is 17.8 Å². The van der Waals surface area contributed by atoms with Crippen LogP contribution in [0, 0.1) is 0 Å². The number of alkyl halides is 3. The standard InChI is InChI=1S/C20H16F3N3O2/c21-20(22,23)17-3-1-2-4-18(17)26-19(27)13-25-14-5-7-15(8-6-14)28-16-9-11-24-12-10-16/h1-12,25H,13H2,(H,26,27). The van der Waals surface area contributed by atoms with Crippen molar-refractivity contribution in [2.24, 2.45) is 0 Å². The van der Waals surface area contributed by atoms with Crippen LogP contribution in [0.4, 0.5) is 24.5 Å². The summed E-state index contributed by atoms with van der Waals surface area (Å²) in [7, 11) is 0. The summed E-state index contributed by atoms with van der Waals surface area (Å²) in [6.07, 6.45) is -1.32. The van der Waals surface area contributed by atoms with Crippen LogP contribution in [0.25, 0.3) is 0 Å². The molecule has 3 rings (SSSR count). The maximum atomic E-state index is 13.0. The highest BCUT2D eigenvalue weighted by molar-refractivity contribution is 5.94. The van der Waals surface area contributed by atoms with E-state index in [0.717, 1.165) is 6.07 Å². The lowest BCUT2D eigenvalue weighted by atomic mass is 10.1. The minimum atomic E-state index is -4.54. The Hall–Kier alpha value is -3.55. The number of anilines is 2. The Kier molecular flexibility index (Phi) is 5.78. The molecule has 144 valence electrons. The predicted octanol–water partition coefficient (Wildman–Crippen LogP) is 4.94. The van der Waals surface area contributed by atoms with Gasteiger partial charge in [0.2, 0.25) is 5.91 Å². The molecule has 0 aliphatic heterocycles. The van der Waals surface area contributed by atoms with Crippen molar-refractivity contribution in [1.82, 2.24) is 4.98 Å². The molecule has 28 heavy (non-hydrogen) atoms. The van der Waals surface area contributed by atoms with E-state index in [9.17, 15) is 18.0 Å². The normalized spacial score (nSPS) is 11.0. The zero-order chi connectivity index (χ0) is 20.0. The summed E-state index contributed by atoms with van der Waals surface area (Å²) < 4.78 is 44.5. The molecule has 0 bridgehead atoms. The third-order valence-corrected chi connectivity index (χ3v) is 3.70. The SMILES string of the molecule is O=C(CNc1ccc(Oc2ccncc2)cc1)Nc1ccccc1C(F)(F)F. The van der Waals surface area contributed by atoms with Crippen molar-refractivity contribution >= 4 is 17.3 Å².